The zero-order chi connectivity index (χ0) is 17.9. The third-order valence-corrected chi connectivity index (χ3v) is 4.88. The maximum absolute atomic E-state index is 12.4. The number of esters is 1. The maximum Gasteiger partial charge on any atom is 0.303 e. The number of hydrogen-bond acceptors (Lipinski definition) is 5. The molecule has 1 aromatic carbocycles. The standard InChI is InChI=1S/C18H24N2O3S/c1-12(21)23-18(2,3)17(22)19-10-15(20(4)5)14-11-24-16-9-7-6-8-13(14)16/h6-9,11,15H,10H2,1-5H3,(H,19,22). The zero-order valence-electron chi connectivity index (χ0n) is 14.8. The van der Waals surface area contributed by atoms with E-state index in [1.54, 1.807) is 25.2 Å². The molecule has 2 rings (SSSR count). The molecule has 1 amide bonds. The molecular formula is C18H24N2O3S. The van der Waals surface area contributed by atoms with Gasteiger partial charge in [0.25, 0.3) is 5.91 Å². The van der Waals surface area contributed by atoms with Crippen LogP contribution in [-0.2, 0) is 14.3 Å². The fraction of sp³-hybridized carbons (Fsp3) is 0.444. The Bertz CT molecular complexity index is 737. The monoisotopic (exact) mass is 348 g/mol. The van der Waals surface area contributed by atoms with Gasteiger partial charge in [-0.05, 0) is 50.3 Å². The molecule has 0 aliphatic heterocycles. The van der Waals surface area contributed by atoms with Crippen molar-refractivity contribution in [3.05, 3.63) is 35.2 Å². The Kier molecular flexibility index (Phi) is 5.62. The second-order valence-electron chi connectivity index (χ2n) is 6.48. The van der Waals surface area contributed by atoms with Crippen molar-refractivity contribution in [2.75, 3.05) is 20.6 Å². The van der Waals surface area contributed by atoms with Gasteiger partial charge in [0, 0.05) is 18.2 Å². The second-order valence-corrected chi connectivity index (χ2v) is 7.39. The minimum Gasteiger partial charge on any atom is -0.450 e. The maximum atomic E-state index is 12.4. The molecule has 0 fully saturated rings. The second kappa shape index (κ2) is 7.32. The average Bonchev–Trinajstić information content (AvgIpc) is 2.89. The van der Waals surface area contributed by atoms with Crippen molar-refractivity contribution in [1.29, 1.82) is 0 Å². The number of benzene rings is 1. The van der Waals surface area contributed by atoms with E-state index in [2.05, 4.69) is 27.7 Å². The topological polar surface area (TPSA) is 58.6 Å². The quantitative estimate of drug-likeness (QED) is 0.816. The first-order valence-corrected chi connectivity index (χ1v) is 8.71. The molecule has 0 bridgehead atoms. The Morgan fingerprint density at radius 3 is 2.58 bits per heavy atom. The van der Waals surface area contributed by atoms with E-state index in [9.17, 15) is 9.59 Å². The van der Waals surface area contributed by atoms with E-state index in [1.165, 1.54) is 22.6 Å². The summed E-state index contributed by atoms with van der Waals surface area (Å²) in [6.45, 7) is 4.93. The van der Waals surface area contributed by atoms with Gasteiger partial charge < -0.3 is 15.0 Å². The van der Waals surface area contributed by atoms with Crippen LogP contribution in [-0.4, -0.2) is 43.0 Å². The van der Waals surface area contributed by atoms with E-state index < -0.39 is 11.6 Å². The largest absolute Gasteiger partial charge is 0.450 e. The van der Waals surface area contributed by atoms with Crippen LogP contribution in [0.15, 0.2) is 29.6 Å². The van der Waals surface area contributed by atoms with Gasteiger partial charge in [0.05, 0.1) is 6.04 Å². The highest BCUT2D eigenvalue weighted by Gasteiger charge is 2.31. The summed E-state index contributed by atoms with van der Waals surface area (Å²) in [5.74, 6) is -0.771. The number of hydrogen-bond donors (Lipinski definition) is 1. The predicted molar refractivity (Wildman–Crippen MR) is 97.1 cm³/mol. The summed E-state index contributed by atoms with van der Waals surface area (Å²) >= 11 is 1.70. The lowest BCUT2D eigenvalue weighted by Crippen LogP contribution is -2.47. The molecule has 0 saturated carbocycles. The van der Waals surface area contributed by atoms with Crippen LogP contribution in [0.25, 0.3) is 10.1 Å². The number of nitrogens with one attached hydrogen (secondary N) is 1. The highest BCUT2D eigenvalue weighted by Crippen LogP contribution is 2.32. The van der Waals surface area contributed by atoms with Crippen LogP contribution in [0, 0.1) is 0 Å². The van der Waals surface area contributed by atoms with E-state index in [0.717, 1.165) is 0 Å². The predicted octanol–water partition coefficient (Wildman–Crippen LogP) is 2.96. The molecule has 0 spiro atoms. The Morgan fingerprint density at radius 2 is 1.96 bits per heavy atom. The van der Waals surface area contributed by atoms with Crippen LogP contribution < -0.4 is 5.32 Å². The van der Waals surface area contributed by atoms with Gasteiger partial charge in [-0.15, -0.1) is 11.3 Å². The van der Waals surface area contributed by atoms with Crippen molar-refractivity contribution in [3.63, 3.8) is 0 Å². The molecule has 1 aromatic heterocycles. The number of fused-ring (bicyclic) bond motifs is 1. The number of carbonyl (C=O) groups excluding carboxylic acids is 2. The van der Waals surface area contributed by atoms with E-state index in [1.807, 2.05) is 26.2 Å². The number of amides is 1. The molecule has 0 radical (unpaired) electrons. The summed E-state index contributed by atoms with van der Waals surface area (Å²) < 4.78 is 6.32. The molecule has 1 unspecified atom stereocenters. The minimum absolute atomic E-state index is 0.0400. The highest BCUT2D eigenvalue weighted by molar-refractivity contribution is 7.17. The average molecular weight is 348 g/mol. The number of nitrogens with zero attached hydrogens (tertiary/aromatic N) is 1. The lowest BCUT2D eigenvalue weighted by atomic mass is 10.0. The lowest BCUT2D eigenvalue weighted by molar-refractivity contribution is -0.163. The third-order valence-electron chi connectivity index (χ3n) is 3.89. The first-order valence-electron chi connectivity index (χ1n) is 7.83. The summed E-state index contributed by atoms with van der Waals surface area (Å²) in [4.78, 5) is 25.6. The van der Waals surface area contributed by atoms with Crippen LogP contribution in [0.1, 0.15) is 32.4 Å². The molecule has 1 heterocycles. The van der Waals surface area contributed by atoms with Gasteiger partial charge in [0.2, 0.25) is 0 Å². The van der Waals surface area contributed by atoms with Gasteiger partial charge in [0.1, 0.15) is 0 Å². The van der Waals surface area contributed by atoms with E-state index >= 15 is 0 Å². The fourth-order valence-corrected chi connectivity index (χ4v) is 3.64. The smallest absolute Gasteiger partial charge is 0.303 e. The van der Waals surface area contributed by atoms with Gasteiger partial charge in [-0.3, -0.25) is 9.59 Å². The first-order chi connectivity index (χ1) is 11.2. The normalized spacial score (nSPS) is 13.1. The molecule has 5 nitrogen and oxygen atoms in total. The molecule has 0 saturated heterocycles. The number of rotatable bonds is 6. The summed E-state index contributed by atoms with van der Waals surface area (Å²) in [6.07, 6.45) is 0. The van der Waals surface area contributed by atoms with Crippen molar-refractivity contribution in [3.8, 4) is 0 Å². The van der Waals surface area contributed by atoms with Crippen molar-refractivity contribution in [2.45, 2.75) is 32.4 Å². The van der Waals surface area contributed by atoms with Crippen molar-refractivity contribution in [2.24, 2.45) is 0 Å². The van der Waals surface area contributed by atoms with E-state index in [0.29, 0.717) is 6.54 Å². The molecular weight excluding hydrogens is 324 g/mol. The molecule has 24 heavy (non-hydrogen) atoms. The van der Waals surface area contributed by atoms with Gasteiger partial charge in [0.15, 0.2) is 5.60 Å². The number of thiophene rings is 1. The minimum atomic E-state index is -1.18. The zero-order valence-corrected chi connectivity index (χ0v) is 15.6. The molecule has 130 valence electrons. The van der Waals surface area contributed by atoms with E-state index in [-0.39, 0.29) is 11.9 Å². The summed E-state index contributed by atoms with van der Waals surface area (Å²) in [5.41, 5.74) is 0.00515. The Hall–Kier alpha value is -1.92. The van der Waals surface area contributed by atoms with Crippen LogP contribution in [0.3, 0.4) is 0 Å². The van der Waals surface area contributed by atoms with Gasteiger partial charge in [-0.25, -0.2) is 0 Å². The number of likely N-dealkylation sites (N-methyl/N-ethyl adjacent to an activating group) is 1. The molecule has 1 N–H and O–H groups in total. The summed E-state index contributed by atoms with van der Waals surface area (Å²) in [5, 5.41) is 6.25. The van der Waals surface area contributed by atoms with Crippen LogP contribution in [0.2, 0.25) is 0 Å². The first kappa shape index (κ1) is 18.4. The SMILES string of the molecule is CC(=O)OC(C)(C)C(=O)NCC(c1csc2ccccc12)N(C)C. The lowest BCUT2D eigenvalue weighted by Gasteiger charge is -2.28. The highest BCUT2D eigenvalue weighted by atomic mass is 32.1. The fourth-order valence-electron chi connectivity index (χ4n) is 2.63. The molecule has 0 aliphatic carbocycles. The summed E-state index contributed by atoms with van der Waals surface area (Å²) in [6, 6.07) is 8.28. The Balaban J connectivity index is 2.15. The van der Waals surface area contributed by atoms with Crippen LogP contribution in [0.5, 0.6) is 0 Å². The number of ether oxygens (including phenoxy) is 1. The van der Waals surface area contributed by atoms with Gasteiger partial charge in [-0.2, -0.15) is 0 Å². The van der Waals surface area contributed by atoms with Gasteiger partial charge in [-0.1, -0.05) is 18.2 Å². The van der Waals surface area contributed by atoms with Crippen molar-refractivity contribution in [1.82, 2.24) is 10.2 Å². The van der Waals surface area contributed by atoms with Crippen LogP contribution in [0.4, 0.5) is 0 Å². The van der Waals surface area contributed by atoms with Crippen LogP contribution >= 0.6 is 11.3 Å². The van der Waals surface area contributed by atoms with Gasteiger partial charge >= 0.3 is 5.97 Å². The molecule has 0 aliphatic rings. The Morgan fingerprint density at radius 1 is 1.29 bits per heavy atom. The number of carbonyl (C=O) groups is 2. The third kappa shape index (κ3) is 4.13. The summed E-state index contributed by atoms with van der Waals surface area (Å²) in [7, 11) is 3.97. The molecule has 1 atom stereocenters. The van der Waals surface area contributed by atoms with Crippen molar-refractivity contribution < 1.29 is 14.3 Å². The molecule has 2 aromatic rings. The van der Waals surface area contributed by atoms with E-state index in [4.69, 9.17) is 4.74 Å². The Labute approximate surface area is 146 Å². The molecule has 6 heteroatoms. The van der Waals surface area contributed by atoms with Crippen molar-refractivity contribution >= 4 is 33.3 Å².